The summed E-state index contributed by atoms with van der Waals surface area (Å²) < 4.78 is 0. The highest BCUT2D eigenvalue weighted by Crippen LogP contribution is 1.90. The summed E-state index contributed by atoms with van der Waals surface area (Å²) in [5.41, 5.74) is -0.332. The monoisotopic (exact) mass is 123 g/mol. The van der Waals surface area contributed by atoms with Crippen LogP contribution in [-0.2, 0) is 0 Å². The molecule has 1 aromatic heterocycles. The number of anilines is 1. The molecule has 9 heavy (non-hydrogen) atoms. The van der Waals surface area contributed by atoms with Crippen molar-refractivity contribution in [1.82, 2.24) is 9.97 Å². The molecule has 0 aliphatic carbocycles. The first kappa shape index (κ1) is 5.87. The summed E-state index contributed by atoms with van der Waals surface area (Å²) in [6, 6.07) is 1.68. The molecule has 1 heterocycles. The predicted molar refractivity (Wildman–Crippen MR) is 37.0 cm³/mol. The Labute approximate surface area is 52.8 Å². The third-order valence-electron chi connectivity index (χ3n) is 0.926. The van der Waals surface area contributed by atoms with Gasteiger partial charge in [0.05, 0.1) is 0 Å². The van der Waals surface area contributed by atoms with Crippen molar-refractivity contribution >= 4 is 13.8 Å². The summed E-state index contributed by atoms with van der Waals surface area (Å²) >= 11 is 0. The van der Waals surface area contributed by atoms with Gasteiger partial charge in [-0.2, -0.15) is 4.98 Å². The Morgan fingerprint density at radius 2 is 2.56 bits per heavy atom. The summed E-state index contributed by atoms with van der Waals surface area (Å²) in [6.07, 6.45) is 1.54. The van der Waals surface area contributed by atoms with Crippen LogP contribution in [0.25, 0.3) is 0 Å². The Hall–Kier alpha value is -1.26. The summed E-state index contributed by atoms with van der Waals surface area (Å²) in [5.74, 6) is 0.582. The number of hydrogen-bond donors (Lipinski definition) is 2. The van der Waals surface area contributed by atoms with E-state index >= 15 is 0 Å². The van der Waals surface area contributed by atoms with Crippen molar-refractivity contribution in [2.75, 3.05) is 5.23 Å². The lowest BCUT2D eigenvalue weighted by Gasteiger charge is -1.92. The maximum atomic E-state index is 10.4. The standard InChI is InChI=1S/C4H6BN3O/c5-8-3-1-2-6-4(9)7-3/h1-2H,5H2,(H2,6,7,8,9). The Morgan fingerprint density at radius 1 is 1.78 bits per heavy atom. The fourth-order valence-electron chi connectivity index (χ4n) is 0.510. The van der Waals surface area contributed by atoms with Gasteiger partial charge in [0, 0.05) is 6.20 Å². The van der Waals surface area contributed by atoms with Crippen LogP contribution in [0.2, 0.25) is 0 Å². The Kier molecular flexibility index (Phi) is 1.53. The van der Waals surface area contributed by atoms with Gasteiger partial charge in [-0.15, -0.1) is 0 Å². The Morgan fingerprint density at radius 3 is 3.00 bits per heavy atom. The number of aromatic amines is 1. The third kappa shape index (κ3) is 1.32. The first-order chi connectivity index (χ1) is 4.33. The van der Waals surface area contributed by atoms with Gasteiger partial charge in [-0.05, 0) is 6.07 Å². The van der Waals surface area contributed by atoms with Crippen LogP contribution in [-0.4, -0.2) is 17.9 Å². The maximum absolute atomic E-state index is 10.4. The van der Waals surface area contributed by atoms with Crippen molar-refractivity contribution in [1.29, 1.82) is 0 Å². The van der Waals surface area contributed by atoms with Gasteiger partial charge in [0.1, 0.15) is 5.82 Å². The van der Waals surface area contributed by atoms with Gasteiger partial charge in [0.2, 0.25) is 7.98 Å². The van der Waals surface area contributed by atoms with Crippen molar-refractivity contribution < 1.29 is 0 Å². The molecule has 4 nitrogen and oxygen atoms in total. The van der Waals surface area contributed by atoms with Crippen LogP contribution in [0.1, 0.15) is 0 Å². The van der Waals surface area contributed by atoms with Crippen molar-refractivity contribution in [3.05, 3.63) is 22.7 Å². The molecule has 0 radical (unpaired) electrons. The minimum atomic E-state index is -0.332. The van der Waals surface area contributed by atoms with E-state index in [-0.39, 0.29) is 5.69 Å². The van der Waals surface area contributed by atoms with Crippen LogP contribution in [0.3, 0.4) is 0 Å². The van der Waals surface area contributed by atoms with Gasteiger partial charge in [0.25, 0.3) is 0 Å². The fourth-order valence-corrected chi connectivity index (χ4v) is 0.510. The zero-order valence-corrected chi connectivity index (χ0v) is 5.01. The summed E-state index contributed by atoms with van der Waals surface area (Å²) in [7, 11) is 1.71. The third-order valence-corrected chi connectivity index (χ3v) is 0.926. The average Bonchev–Trinajstić information content (AvgIpc) is 1.88. The van der Waals surface area contributed by atoms with E-state index < -0.39 is 0 Å². The number of rotatable bonds is 1. The minimum Gasteiger partial charge on any atom is -0.419 e. The summed E-state index contributed by atoms with van der Waals surface area (Å²) in [4.78, 5) is 16.4. The molecule has 0 fully saturated rings. The lowest BCUT2D eigenvalue weighted by atomic mass is 10.4. The fraction of sp³-hybridized carbons (Fsp3) is 0. The molecule has 5 heteroatoms. The summed E-state index contributed by atoms with van der Waals surface area (Å²) in [5, 5.41) is 2.74. The van der Waals surface area contributed by atoms with Gasteiger partial charge in [-0.25, -0.2) is 4.79 Å². The van der Waals surface area contributed by atoms with Crippen LogP contribution < -0.4 is 10.9 Å². The lowest BCUT2D eigenvalue weighted by Crippen LogP contribution is -2.10. The Balaban J connectivity index is 3.08. The molecule has 46 valence electrons. The zero-order chi connectivity index (χ0) is 6.69. The number of hydrogen-bond acceptors (Lipinski definition) is 3. The molecule has 0 saturated heterocycles. The normalized spacial score (nSPS) is 8.89. The first-order valence-corrected chi connectivity index (χ1v) is 2.56. The van der Waals surface area contributed by atoms with Crippen molar-refractivity contribution in [3.63, 3.8) is 0 Å². The van der Waals surface area contributed by atoms with Crippen LogP contribution in [0.4, 0.5) is 5.82 Å². The molecule has 0 unspecified atom stereocenters. The van der Waals surface area contributed by atoms with Gasteiger partial charge >= 0.3 is 5.69 Å². The number of H-pyrrole nitrogens is 1. The Bertz CT molecular complexity index is 246. The van der Waals surface area contributed by atoms with Crippen LogP contribution in [0, 0.1) is 0 Å². The molecule has 1 rings (SSSR count). The maximum Gasteiger partial charge on any atom is 0.346 e. The lowest BCUT2D eigenvalue weighted by molar-refractivity contribution is 1.08. The molecule has 0 aliphatic rings. The van der Waals surface area contributed by atoms with Gasteiger partial charge in [-0.1, -0.05) is 0 Å². The molecule has 0 amide bonds. The second kappa shape index (κ2) is 2.34. The van der Waals surface area contributed by atoms with E-state index in [2.05, 4.69) is 15.2 Å². The molecule has 1 aromatic rings. The van der Waals surface area contributed by atoms with E-state index in [9.17, 15) is 4.79 Å². The molecule has 0 atom stereocenters. The van der Waals surface area contributed by atoms with E-state index in [4.69, 9.17) is 0 Å². The molecule has 0 bridgehead atoms. The van der Waals surface area contributed by atoms with Crippen LogP contribution in [0.15, 0.2) is 17.1 Å². The molecular weight excluding hydrogens is 117 g/mol. The molecular formula is C4H6BN3O. The highest BCUT2D eigenvalue weighted by molar-refractivity contribution is 6.15. The van der Waals surface area contributed by atoms with Crippen molar-refractivity contribution in [2.45, 2.75) is 0 Å². The number of nitrogens with one attached hydrogen (secondary N) is 2. The SMILES string of the molecule is BNc1cc[nH]c(=O)n1. The quantitative estimate of drug-likeness (QED) is 0.457. The summed E-state index contributed by atoms with van der Waals surface area (Å²) in [6.45, 7) is 0. The molecule has 0 aromatic carbocycles. The average molecular weight is 123 g/mol. The van der Waals surface area contributed by atoms with Gasteiger partial charge in [-0.3, -0.25) is 0 Å². The highest BCUT2D eigenvalue weighted by Gasteiger charge is 1.85. The highest BCUT2D eigenvalue weighted by atomic mass is 16.1. The van der Waals surface area contributed by atoms with Gasteiger partial charge < -0.3 is 10.2 Å². The van der Waals surface area contributed by atoms with E-state index in [0.717, 1.165) is 0 Å². The van der Waals surface area contributed by atoms with Crippen molar-refractivity contribution in [3.8, 4) is 0 Å². The largest absolute Gasteiger partial charge is 0.419 e. The number of nitrogens with zero attached hydrogens (tertiary/aromatic N) is 1. The van der Waals surface area contributed by atoms with E-state index in [1.165, 1.54) is 0 Å². The second-order valence-electron chi connectivity index (χ2n) is 1.53. The van der Waals surface area contributed by atoms with Crippen molar-refractivity contribution in [2.24, 2.45) is 0 Å². The number of aromatic nitrogens is 2. The van der Waals surface area contributed by atoms with E-state index in [0.29, 0.717) is 5.82 Å². The topological polar surface area (TPSA) is 57.8 Å². The predicted octanol–water partition coefficient (Wildman–Crippen LogP) is -1.27. The van der Waals surface area contributed by atoms with E-state index in [1.54, 1.807) is 20.2 Å². The zero-order valence-electron chi connectivity index (χ0n) is 5.01. The first-order valence-electron chi connectivity index (χ1n) is 2.56. The van der Waals surface area contributed by atoms with Crippen LogP contribution >= 0.6 is 0 Å². The smallest absolute Gasteiger partial charge is 0.346 e. The van der Waals surface area contributed by atoms with E-state index in [1.807, 2.05) is 0 Å². The molecule has 0 spiro atoms. The van der Waals surface area contributed by atoms with Crippen LogP contribution in [0.5, 0.6) is 0 Å². The van der Waals surface area contributed by atoms with Gasteiger partial charge in [0.15, 0.2) is 0 Å². The molecule has 0 saturated carbocycles. The minimum absolute atomic E-state index is 0.332. The molecule has 2 N–H and O–H groups in total. The molecule has 0 aliphatic heterocycles. The second-order valence-corrected chi connectivity index (χ2v) is 1.53.